The number of nitrogens with zero attached hydrogens (tertiary/aromatic N) is 1. The van der Waals surface area contributed by atoms with Crippen molar-refractivity contribution in [1.29, 1.82) is 0 Å². The van der Waals surface area contributed by atoms with Gasteiger partial charge in [0.05, 0.1) is 11.8 Å². The van der Waals surface area contributed by atoms with Crippen molar-refractivity contribution in [3.05, 3.63) is 35.4 Å². The predicted molar refractivity (Wildman–Crippen MR) is 104 cm³/mol. The first-order chi connectivity index (χ1) is 13.0. The summed E-state index contributed by atoms with van der Waals surface area (Å²) in [4.78, 5) is 38.2. The van der Waals surface area contributed by atoms with Gasteiger partial charge in [-0.05, 0) is 36.3 Å². The lowest BCUT2D eigenvalue weighted by Crippen LogP contribution is -2.35. The quantitative estimate of drug-likeness (QED) is 0.750. The highest BCUT2D eigenvalue weighted by molar-refractivity contribution is 6.05. The summed E-state index contributed by atoms with van der Waals surface area (Å²) in [6, 6.07) is 8.47. The number of hydrogen-bond donors (Lipinski definition) is 1. The maximum atomic E-state index is 12.4. The van der Waals surface area contributed by atoms with Crippen molar-refractivity contribution in [3.63, 3.8) is 0 Å². The van der Waals surface area contributed by atoms with Crippen molar-refractivity contribution in [2.75, 3.05) is 13.1 Å². The maximum Gasteiger partial charge on any atom is 0.233 e. The van der Waals surface area contributed by atoms with Gasteiger partial charge in [0.1, 0.15) is 0 Å². The number of likely N-dealkylation sites (tertiary alicyclic amines) is 1. The van der Waals surface area contributed by atoms with Gasteiger partial charge in [-0.25, -0.2) is 0 Å². The van der Waals surface area contributed by atoms with Crippen LogP contribution >= 0.6 is 0 Å². The molecule has 0 bridgehead atoms. The van der Waals surface area contributed by atoms with Gasteiger partial charge in [-0.15, -0.1) is 0 Å². The third-order valence-corrected chi connectivity index (χ3v) is 5.88. The van der Waals surface area contributed by atoms with E-state index in [0.717, 1.165) is 32.1 Å². The average molecular weight is 370 g/mol. The minimum atomic E-state index is -0.136. The molecule has 1 aromatic rings. The van der Waals surface area contributed by atoms with E-state index in [4.69, 9.17) is 0 Å². The van der Waals surface area contributed by atoms with Crippen LogP contribution in [0, 0.1) is 11.8 Å². The number of amides is 3. The molecule has 1 aliphatic carbocycles. The van der Waals surface area contributed by atoms with Crippen molar-refractivity contribution in [1.82, 2.24) is 10.2 Å². The molecule has 3 rings (SSSR count). The summed E-state index contributed by atoms with van der Waals surface area (Å²) in [7, 11) is 0. The van der Waals surface area contributed by atoms with Crippen molar-refractivity contribution in [2.24, 2.45) is 11.8 Å². The van der Waals surface area contributed by atoms with Gasteiger partial charge in [0.2, 0.25) is 17.7 Å². The first-order valence-electron chi connectivity index (χ1n) is 10.2. The van der Waals surface area contributed by atoms with Gasteiger partial charge in [0.15, 0.2) is 0 Å². The number of hydrogen-bond acceptors (Lipinski definition) is 3. The van der Waals surface area contributed by atoms with E-state index in [0.29, 0.717) is 12.5 Å². The smallest absolute Gasteiger partial charge is 0.233 e. The SMILES string of the molecule is CC(C)c1ccc(CCNC(=O)CCN2C(=O)[C@H]3CCCC[C@H]3C2=O)cc1. The summed E-state index contributed by atoms with van der Waals surface area (Å²) in [6.45, 7) is 5.10. The Labute approximate surface area is 161 Å². The second-order valence-corrected chi connectivity index (χ2v) is 8.07. The normalized spacial score (nSPS) is 22.3. The highest BCUT2D eigenvalue weighted by Gasteiger charge is 2.47. The number of imide groups is 1. The highest BCUT2D eigenvalue weighted by Crippen LogP contribution is 2.37. The van der Waals surface area contributed by atoms with Crippen LogP contribution in [-0.2, 0) is 20.8 Å². The van der Waals surface area contributed by atoms with Crippen LogP contribution in [0.4, 0.5) is 0 Å². The Hall–Kier alpha value is -2.17. The Balaban J connectivity index is 1.41. The Morgan fingerprint density at radius 2 is 1.67 bits per heavy atom. The van der Waals surface area contributed by atoms with Gasteiger partial charge < -0.3 is 5.32 Å². The first-order valence-corrected chi connectivity index (χ1v) is 10.2. The van der Waals surface area contributed by atoms with E-state index < -0.39 is 0 Å². The molecule has 3 amide bonds. The van der Waals surface area contributed by atoms with E-state index in [9.17, 15) is 14.4 Å². The zero-order chi connectivity index (χ0) is 19.4. The molecule has 2 aliphatic rings. The van der Waals surface area contributed by atoms with Gasteiger partial charge in [-0.2, -0.15) is 0 Å². The summed E-state index contributed by atoms with van der Waals surface area (Å²) in [5.74, 6) is -0.000377. The van der Waals surface area contributed by atoms with Gasteiger partial charge in [-0.3, -0.25) is 19.3 Å². The zero-order valence-electron chi connectivity index (χ0n) is 16.4. The first kappa shape index (κ1) is 19.6. The number of fused-ring (bicyclic) bond motifs is 1. The lowest BCUT2D eigenvalue weighted by molar-refractivity contribution is -0.140. The number of rotatable bonds is 7. The second-order valence-electron chi connectivity index (χ2n) is 8.07. The van der Waals surface area contributed by atoms with Gasteiger partial charge in [0, 0.05) is 19.5 Å². The van der Waals surface area contributed by atoms with Crippen LogP contribution in [0.1, 0.15) is 63.0 Å². The fourth-order valence-corrected chi connectivity index (χ4v) is 4.17. The van der Waals surface area contributed by atoms with E-state index in [1.165, 1.54) is 16.0 Å². The fraction of sp³-hybridized carbons (Fsp3) is 0.591. The molecule has 5 heteroatoms. The number of carbonyl (C=O) groups is 3. The molecule has 0 spiro atoms. The topological polar surface area (TPSA) is 66.5 Å². The van der Waals surface area contributed by atoms with E-state index in [2.05, 4.69) is 43.4 Å². The molecule has 0 radical (unpaired) electrons. The maximum absolute atomic E-state index is 12.4. The molecule has 1 saturated carbocycles. The summed E-state index contributed by atoms with van der Waals surface area (Å²) >= 11 is 0. The van der Waals surface area contributed by atoms with Crippen LogP contribution in [0.5, 0.6) is 0 Å². The lowest BCUT2D eigenvalue weighted by Gasteiger charge is -2.19. The molecule has 146 valence electrons. The molecule has 0 aromatic heterocycles. The largest absolute Gasteiger partial charge is 0.356 e. The minimum absolute atomic E-state index is 0.0669. The van der Waals surface area contributed by atoms with Crippen LogP contribution in [0.2, 0.25) is 0 Å². The van der Waals surface area contributed by atoms with Crippen LogP contribution in [0.3, 0.4) is 0 Å². The molecular weight excluding hydrogens is 340 g/mol. The Morgan fingerprint density at radius 3 is 2.22 bits per heavy atom. The van der Waals surface area contributed by atoms with Gasteiger partial charge in [-0.1, -0.05) is 51.0 Å². The molecule has 1 heterocycles. The minimum Gasteiger partial charge on any atom is -0.356 e. The van der Waals surface area contributed by atoms with E-state index in [1.807, 2.05) is 0 Å². The third kappa shape index (κ3) is 4.57. The van der Waals surface area contributed by atoms with Crippen molar-refractivity contribution >= 4 is 17.7 Å². The van der Waals surface area contributed by atoms with Crippen LogP contribution < -0.4 is 5.32 Å². The van der Waals surface area contributed by atoms with Crippen LogP contribution in [0.25, 0.3) is 0 Å². The van der Waals surface area contributed by atoms with Crippen molar-refractivity contribution in [2.45, 2.75) is 58.3 Å². The third-order valence-electron chi connectivity index (χ3n) is 5.88. The lowest BCUT2D eigenvalue weighted by atomic mass is 9.81. The van der Waals surface area contributed by atoms with Gasteiger partial charge in [0.25, 0.3) is 0 Å². The predicted octanol–water partition coefficient (Wildman–Crippen LogP) is 3.03. The summed E-state index contributed by atoms with van der Waals surface area (Å²) < 4.78 is 0. The van der Waals surface area contributed by atoms with Crippen molar-refractivity contribution in [3.8, 4) is 0 Å². The molecule has 2 fully saturated rings. The monoisotopic (exact) mass is 370 g/mol. The molecule has 1 saturated heterocycles. The molecule has 0 unspecified atom stereocenters. The summed E-state index contributed by atoms with van der Waals surface area (Å²) in [6.07, 6.45) is 4.62. The van der Waals surface area contributed by atoms with E-state index in [1.54, 1.807) is 0 Å². The average Bonchev–Trinajstić information content (AvgIpc) is 2.91. The zero-order valence-corrected chi connectivity index (χ0v) is 16.4. The fourth-order valence-electron chi connectivity index (χ4n) is 4.17. The second kappa shape index (κ2) is 8.68. The Morgan fingerprint density at radius 1 is 1.07 bits per heavy atom. The van der Waals surface area contributed by atoms with Gasteiger partial charge >= 0.3 is 0 Å². The summed E-state index contributed by atoms with van der Waals surface area (Å²) in [5, 5.41) is 2.90. The number of nitrogens with one attached hydrogen (secondary N) is 1. The highest BCUT2D eigenvalue weighted by atomic mass is 16.2. The Bertz CT molecular complexity index is 672. The van der Waals surface area contributed by atoms with Crippen LogP contribution in [0.15, 0.2) is 24.3 Å². The standard InChI is InChI=1S/C22H30N2O3/c1-15(2)17-9-7-16(8-10-17)11-13-23-20(25)12-14-24-21(26)18-5-3-4-6-19(18)22(24)27/h7-10,15,18-19H,3-6,11-14H2,1-2H3,(H,23,25)/t18-,19+. The van der Waals surface area contributed by atoms with Crippen LogP contribution in [-0.4, -0.2) is 35.7 Å². The van der Waals surface area contributed by atoms with Crippen molar-refractivity contribution < 1.29 is 14.4 Å². The summed E-state index contributed by atoms with van der Waals surface area (Å²) in [5.41, 5.74) is 2.50. The van der Waals surface area contributed by atoms with E-state index >= 15 is 0 Å². The number of benzene rings is 1. The molecule has 1 aliphatic heterocycles. The molecule has 1 N–H and O–H groups in total. The molecular formula is C22H30N2O3. The number of carbonyl (C=O) groups excluding carboxylic acids is 3. The molecule has 2 atom stereocenters. The Kier molecular flexibility index (Phi) is 6.30. The molecule has 27 heavy (non-hydrogen) atoms. The molecule has 5 nitrogen and oxygen atoms in total. The molecule has 1 aromatic carbocycles. The van der Waals surface area contributed by atoms with E-state index in [-0.39, 0.29) is 42.5 Å².